The number of nitrogens with zero attached hydrogens (tertiary/aromatic N) is 3. The molecule has 2 aromatic rings. The maximum Gasteiger partial charge on any atom is 0.416 e. The third-order valence-corrected chi connectivity index (χ3v) is 6.45. The quantitative estimate of drug-likeness (QED) is 0.577. The van der Waals surface area contributed by atoms with Gasteiger partial charge in [0.1, 0.15) is 12.1 Å². The molecule has 0 spiro atoms. The van der Waals surface area contributed by atoms with Crippen LogP contribution in [-0.4, -0.2) is 63.6 Å². The molecule has 1 aliphatic carbocycles. The van der Waals surface area contributed by atoms with Crippen molar-refractivity contribution in [3.63, 3.8) is 0 Å². The fourth-order valence-corrected chi connectivity index (χ4v) is 4.68. The molecule has 1 aromatic carbocycles. The fourth-order valence-electron chi connectivity index (χ4n) is 4.68. The molecule has 1 saturated heterocycles. The molecule has 0 bridgehead atoms. The van der Waals surface area contributed by atoms with E-state index < -0.39 is 17.7 Å². The number of carbonyl (C=O) groups is 2. The molecule has 1 aliphatic heterocycles. The van der Waals surface area contributed by atoms with Crippen molar-refractivity contribution in [2.24, 2.45) is 5.92 Å². The van der Waals surface area contributed by atoms with Crippen LogP contribution in [0.25, 0.3) is 10.9 Å². The van der Waals surface area contributed by atoms with Crippen LogP contribution in [0.2, 0.25) is 0 Å². The van der Waals surface area contributed by atoms with Crippen LogP contribution in [0.4, 0.5) is 19.0 Å². The van der Waals surface area contributed by atoms with E-state index in [4.69, 9.17) is 5.11 Å². The van der Waals surface area contributed by atoms with Crippen molar-refractivity contribution in [3.8, 4) is 0 Å². The van der Waals surface area contributed by atoms with Crippen molar-refractivity contribution in [1.82, 2.24) is 20.2 Å². The number of amides is 1. The van der Waals surface area contributed by atoms with E-state index in [-0.39, 0.29) is 42.0 Å². The highest BCUT2D eigenvalue weighted by atomic mass is 19.4. The number of aliphatic carboxylic acids is 1. The van der Waals surface area contributed by atoms with Gasteiger partial charge in [0.25, 0.3) is 0 Å². The third-order valence-electron chi connectivity index (χ3n) is 6.45. The molecule has 0 unspecified atom stereocenters. The molecule has 1 amide bonds. The van der Waals surface area contributed by atoms with E-state index in [9.17, 15) is 22.8 Å². The van der Waals surface area contributed by atoms with E-state index >= 15 is 0 Å². The Hall–Kier alpha value is -2.95. The average Bonchev–Trinajstić information content (AvgIpc) is 2.74. The summed E-state index contributed by atoms with van der Waals surface area (Å²) < 4.78 is 39.1. The van der Waals surface area contributed by atoms with E-state index in [1.165, 1.54) is 12.4 Å². The van der Waals surface area contributed by atoms with Crippen LogP contribution in [0.3, 0.4) is 0 Å². The summed E-state index contributed by atoms with van der Waals surface area (Å²) >= 11 is 0. The van der Waals surface area contributed by atoms with Crippen molar-refractivity contribution >= 4 is 28.6 Å². The Morgan fingerprint density at radius 3 is 2.52 bits per heavy atom. The first-order chi connectivity index (χ1) is 15.7. The van der Waals surface area contributed by atoms with E-state index in [0.29, 0.717) is 11.6 Å². The minimum absolute atomic E-state index is 0.0232. The Bertz CT molecular complexity index is 1020. The Labute approximate surface area is 188 Å². The van der Waals surface area contributed by atoms with Gasteiger partial charge in [0, 0.05) is 30.9 Å². The van der Waals surface area contributed by atoms with Gasteiger partial charge in [-0.1, -0.05) is 0 Å². The Morgan fingerprint density at radius 1 is 1.12 bits per heavy atom. The number of hydrogen-bond acceptors (Lipinski definition) is 6. The van der Waals surface area contributed by atoms with Gasteiger partial charge < -0.3 is 15.7 Å². The zero-order valence-electron chi connectivity index (χ0n) is 17.9. The molecule has 1 saturated carbocycles. The number of likely N-dealkylation sites (tertiary alicyclic amines) is 1. The molecule has 0 atom stereocenters. The second-order valence-electron chi connectivity index (χ2n) is 8.80. The molecular weight excluding hydrogens is 439 g/mol. The standard InChI is InChI=1S/C22H26F3N5O3/c23-22(24,25)14-3-6-18-17(8-14)21(28-12-27-18)26-9-19(31)29-15-10-30(11-15)16-4-1-13(2-5-16)7-20(32)33/h3,6,8,12-13,15-16H,1-2,4-5,7,9-11H2,(H,29,31)(H,32,33)(H,26,27,28). The molecule has 0 radical (unpaired) electrons. The van der Waals surface area contributed by atoms with Crippen LogP contribution >= 0.6 is 0 Å². The number of halogens is 3. The minimum Gasteiger partial charge on any atom is -0.481 e. The van der Waals surface area contributed by atoms with Crippen molar-refractivity contribution in [2.75, 3.05) is 25.0 Å². The number of carboxylic acids is 1. The van der Waals surface area contributed by atoms with Crippen LogP contribution in [-0.2, 0) is 15.8 Å². The van der Waals surface area contributed by atoms with Gasteiger partial charge in [-0.15, -0.1) is 0 Å². The van der Waals surface area contributed by atoms with Crippen LogP contribution in [0, 0.1) is 5.92 Å². The smallest absolute Gasteiger partial charge is 0.416 e. The molecule has 2 aliphatic rings. The second-order valence-corrected chi connectivity index (χ2v) is 8.80. The maximum absolute atomic E-state index is 13.0. The number of benzene rings is 1. The highest BCUT2D eigenvalue weighted by Crippen LogP contribution is 2.33. The van der Waals surface area contributed by atoms with Crippen LogP contribution in [0.1, 0.15) is 37.7 Å². The molecule has 8 nitrogen and oxygen atoms in total. The predicted octanol–water partition coefficient (Wildman–Crippen LogP) is 2.89. The zero-order valence-corrected chi connectivity index (χ0v) is 17.9. The Morgan fingerprint density at radius 2 is 1.85 bits per heavy atom. The van der Waals surface area contributed by atoms with Crippen molar-refractivity contribution in [3.05, 3.63) is 30.1 Å². The molecule has 1 aromatic heterocycles. The van der Waals surface area contributed by atoms with Crippen LogP contribution in [0.5, 0.6) is 0 Å². The summed E-state index contributed by atoms with van der Waals surface area (Å²) in [6.45, 7) is 1.37. The van der Waals surface area contributed by atoms with Gasteiger partial charge in [0.2, 0.25) is 5.91 Å². The lowest BCUT2D eigenvalue weighted by molar-refractivity contribution is -0.139. The van der Waals surface area contributed by atoms with Gasteiger partial charge >= 0.3 is 12.1 Å². The zero-order chi connectivity index (χ0) is 23.6. The molecule has 3 N–H and O–H groups in total. The lowest BCUT2D eigenvalue weighted by Gasteiger charge is -2.46. The lowest BCUT2D eigenvalue weighted by Crippen LogP contribution is -2.63. The first-order valence-corrected chi connectivity index (χ1v) is 11.0. The number of nitrogens with one attached hydrogen (secondary N) is 2. The largest absolute Gasteiger partial charge is 0.481 e. The summed E-state index contributed by atoms with van der Waals surface area (Å²) in [6, 6.07) is 3.67. The van der Waals surface area contributed by atoms with Crippen molar-refractivity contribution in [2.45, 2.75) is 50.4 Å². The molecule has 4 rings (SSSR count). The van der Waals surface area contributed by atoms with Gasteiger partial charge in [0.05, 0.1) is 23.7 Å². The maximum atomic E-state index is 13.0. The van der Waals surface area contributed by atoms with Gasteiger partial charge in [-0.25, -0.2) is 9.97 Å². The SMILES string of the molecule is O=C(O)CC1CCC(N2CC(NC(=O)CNc3ncnc4ccc(C(F)(F)F)cc34)C2)CC1. The van der Waals surface area contributed by atoms with Crippen molar-refractivity contribution in [1.29, 1.82) is 0 Å². The molecule has 11 heteroatoms. The van der Waals surface area contributed by atoms with E-state index in [1.807, 2.05) is 0 Å². The van der Waals surface area contributed by atoms with Gasteiger partial charge in [0.15, 0.2) is 0 Å². The third kappa shape index (κ3) is 5.70. The highest BCUT2D eigenvalue weighted by Gasteiger charge is 2.35. The summed E-state index contributed by atoms with van der Waals surface area (Å²) in [5.41, 5.74) is -0.447. The molecule has 33 heavy (non-hydrogen) atoms. The number of hydrogen-bond donors (Lipinski definition) is 3. The number of rotatable bonds is 7. The van der Waals surface area contributed by atoms with E-state index in [2.05, 4.69) is 25.5 Å². The summed E-state index contributed by atoms with van der Waals surface area (Å²) in [6.07, 6.45) is 0.767. The summed E-state index contributed by atoms with van der Waals surface area (Å²) in [5.74, 6) is -0.570. The summed E-state index contributed by atoms with van der Waals surface area (Å²) in [5, 5.41) is 14.9. The lowest BCUT2D eigenvalue weighted by atomic mass is 9.82. The van der Waals surface area contributed by atoms with E-state index in [1.54, 1.807) is 0 Å². The van der Waals surface area contributed by atoms with E-state index in [0.717, 1.165) is 50.9 Å². The number of carboxylic acid groups (broad SMARTS) is 1. The topological polar surface area (TPSA) is 107 Å². The second kappa shape index (κ2) is 9.50. The summed E-state index contributed by atoms with van der Waals surface area (Å²) in [4.78, 5) is 33.5. The molecule has 2 fully saturated rings. The molecular formula is C22H26F3N5O3. The average molecular weight is 465 g/mol. The van der Waals surface area contributed by atoms with Gasteiger partial charge in [-0.05, 0) is 49.8 Å². The number of carbonyl (C=O) groups excluding carboxylic acids is 1. The Kier molecular flexibility index (Phi) is 6.68. The first kappa shape index (κ1) is 23.2. The number of fused-ring (bicyclic) bond motifs is 1. The summed E-state index contributed by atoms with van der Waals surface area (Å²) in [7, 11) is 0. The van der Waals surface area contributed by atoms with Crippen molar-refractivity contribution < 1.29 is 27.9 Å². The normalized spacial score (nSPS) is 22.0. The predicted molar refractivity (Wildman–Crippen MR) is 115 cm³/mol. The van der Waals surface area contributed by atoms with Gasteiger partial charge in [-0.2, -0.15) is 13.2 Å². The number of anilines is 1. The fraction of sp³-hybridized carbons (Fsp3) is 0.545. The Balaban J connectivity index is 1.24. The van der Waals surface area contributed by atoms with Crippen LogP contribution < -0.4 is 10.6 Å². The monoisotopic (exact) mass is 465 g/mol. The minimum atomic E-state index is -4.48. The number of aromatic nitrogens is 2. The first-order valence-electron chi connectivity index (χ1n) is 11.0. The molecule has 2 heterocycles. The molecule has 178 valence electrons. The van der Waals surface area contributed by atoms with Gasteiger partial charge in [-0.3, -0.25) is 14.5 Å². The highest BCUT2D eigenvalue weighted by molar-refractivity contribution is 5.91. The number of alkyl halides is 3. The van der Waals surface area contributed by atoms with Crippen LogP contribution in [0.15, 0.2) is 24.5 Å².